The summed E-state index contributed by atoms with van der Waals surface area (Å²) in [4.78, 5) is 12.9. The molecule has 0 aliphatic heterocycles. The molecule has 7 heteroatoms. The summed E-state index contributed by atoms with van der Waals surface area (Å²) < 4.78 is 8.04. The van der Waals surface area contributed by atoms with E-state index in [9.17, 15) is 4.79 Å². The van der Waals surface area contributed by atoms with E-state index in [1.165, 1.54) is 17.3 Å². The van der Waals surface area contributed by atoms with E-state index in [4.69, 9.17) is 4.74 Å². The summed E-state index contributed by atoms with van der Waals surface area (Å²) in [7, 11) is 0. The molecule has 1 heterocycles. The summed E-state index contributed by atoms with van der Waals surface area (Å²) in [6.45, 7) is 13.4. The number of rotatable bonds is 10. The van der Waals surface area contributed by atoms with Crippen molar-refractivity contribution >= 4 is 23.4 Å². The van der Waals surface area contributed by atoms with Crippen molar-refractivity contribution in [1.29, 1.82) is 0 Å². The fourth-order valence-corrected chi connectivity index (χ4v) is 4.36. The van der Waals surface area contributed by atoms with Gasteiger partial charge in [0.1, 0.15) is 12.4 Å². The van der Waals surface area contributed by atoms with Crippen molar-refractivity contribution < 1.29 is 9.53 Å². The van der Waals surface area contributed by atoms with Gasteiger partial charge in [0, 0.05) is 12.2 Å². The van der Waals surface area contributed by atoms with Crippen molar-refractivity contribution in [1.82, 2.24) is 14.8 Å². The van der Waals surface area contributed by atoms with Crippen molar-refractivity contribution in [3.05, 3.63) is 65.0 Å². The van der Waals surface area contributed by atoms with Crippen LogP contribution in [0.3, 0.4) is 0 Å². The van der Waals surface area contributed by atoms with Gasteiger partial charge in [-0.05, 0) is 61.9 Å². The summed E-state index contributed by atoms with van der Waals surface area (Å²) in [6, 6.07) is 14.1. The molecule has 0 saturated heterocycles. The number of hydrogen-bond acceptors (Lipinski definition) is 5. The molecule has 0 aliphatic rings. The normalized spacial score (nSPS) is 12.1. The summed E-state index contributed by atoms with van der Waals surface area (Å²) in [5.74, 6) is 1.92. The first-order valence-electron chi connectivity index (χ1n) is 11.5. The molecule has 1 aromatic heterocycles. The molecule has 1 atom stereocenters. The van der Waals surface area contributed by atoms with Gasteiger partial charge in [-0.3, -0.25) is 4.79 Å². The predicted octanol–water partition coefficient (Wildman–Crippen LogP) is 5.81. The zero-order valence-corrected chi connectivity index (χ0v) is 21.2. The third-order valence-electron chi connectivity index (χ3n) is 5.42. The van der Waals surface area contributed by atoms with Crippen LogP contribution in [0.1, 0.15) is 50.2 Å². The molecule has 0 aliphatic carbocycles. The van der Waals surface area contributed by atoms with Gasteiger partial charge < -0.3 is 14.6 Å². The highest BCUT2D eigenvalue weighted by Crippen LogP contribution is 2.26. The minimum absolute atomic E-state index is 0.0506. The monoisotopic (exact) mass is 466 g/mol. The zero-order chi connectivity index (χ0) is 24.0. The molecular formula is C26H34N4O2S. The Balaban J connectivity index is 1.71. The van der Waals surface area contributed by atoms with Gasteiger partial charge in [-0.2, -0.15) is 0 Å². The van der Waals surface area contributed by atoms with Crippen LogP contribution in [0.5, 0.6) is 5.75 Å². The highest BCUT2D eigenvalue weighted by molar-refractivity contribution is 8.00. The van der Waals surface area contributed by atoms with Gasteiger partial charge in [0.05, 0.1) is 5.25 Å². The van der Waals surface area contributed by atoms with E-state index in [0.29, 0.717) is 12.5 Å². The van der Waals surface area contributed by atoms with Crippen LogP contribution >= 0.6 is 11.8 Å². The van der Waals surface area contributed by atoms with Crippen molar-refractivity contribution in [3.8, 4) is 5.75 Å². The van der Waals surface area contributed by atoms with E-state index in [1.807, 2.05) is 51.1 Å². The SMILES string of the molecule is CCc1ccc(OCc2nnc(SC(C)C(=O)Nc3c(C)cccc3C)n2CC(C)C)cc1. The van der Waals surface area contributed by atoms with E-state index in [1.54, 1.807) is 0 Å². The fourth-order valence-electron chi connectivity index (χ4n) is 3.48. The molecule has 0 radical (unpaired) electrons. The van der Waals surface area contributed by atoms with Crippen LogP contribution in [0.25, 0.3) is 0 Å². The first-order valence-corrected chi connectivity index (χ1v) is 12.3. The van der Waals surface area contributed by atoms with E-state index < -0.39 is 0 Å². The number of aryl methyl sites for hydroxylation is 3. The Morgan fingerprint density at radius 1 is 1.06 bits per heavy atom. The van der Waals surface area contributed by atoms with E-state index >= 15 is 0 Å². The average molecular weight is 467 g/mol. The number of hydrogen-bond donors (Lipinski definition) is 1. The summed E-state index contributed by atoms with van der Waals surface area (Å²) in [5, 5.41) is 12.3. The maximum Gasteiger partial charge on any atom is 0.237 e. The van der Waals surface area contributed by atoms with Gasteiger partial charge in [-0.25, -0.2) is 0 Å². The van der Waals surface area contributed by atoms with Crippen LogP contribution < -0.4 is 10.1 Å². The number of carbonyl (C=O) groups excluding carboxylic acids is 1. The maximum absolute atomic E-state index is 12.9. The zero-order valence-electron chi connectivity index (χ0n) is 20.4. The highest BCUT2D eigenvalue weighted by Gasteiger charge is 2.22. The number of anilines is 1. The number of nitrogens with one attached hydrogen (secondary N) is 1. The second kappa shape index (κ2) is 11.4. The lowest BCUT2D eigenvalue weighted by molar-refractivity contribution is -0.115. The number of benzene rings is 2. The van der Waals surface area contributed by atoms with E-state index in [2.05, 4.69) is 53.0 Å². The second-order valence-corrected chi connectivity index (χ2v) is 10.0. The minimum atomic E-state index is -0.325. The molecule has 0 saturated carbocycles. The molecule has 0 bridgehead atoms. The molecule has 0 spiro atoms. The number of aromatic nitrogens is 3. The predicted molar refractivity (Wildman–Crippen MR) is 135 cm³/mol. The summed E-state index contributed by atoms with van der Waals surface area (Å²) in [6.07, 6.45) is 0.999. The van der Waals surface area contributed by atoms with Crippen molar-refractivity contribution in [2.24, 2.45) is 5.92 Å². The topological polar surface area (TPSA) is 69.0 Å². The summed E-state index contributed by atoms with van der Waals surface area (Å²) in [5.41, 5.74) is 4.25. The van der Waals surface area contributed by atoms with Crippen LogP contribution in [0.15, 0.2) is 47.6 Å². The van der Waals surface area contributed by atoms with Gasteiger partial charge in [0.2, 0.25) is 5.91 Å². The Bertz CT molecular complexity index is 1060. The number of para-hydroxylation sites is 1. The summed E-state index contributed by atoms with van der Waals surface area (Å²) >= 11 is 1.42. The maximum atomic E-state index is 12.9. The highest BCUT2D eigenvalue weighted by atomic mass is 32.2. The second-order valence-electron chi connectivity index (χ2n) is 8.71. The minimum Gasteiger partial charge on any atom is -0.486 e. The molecule has 0 fully saturated rings. The van der Waals surface area contributed by atoms with Crippen LogP contribution in [0.4, 0.5) is 5.69 Å². The lowest BCUT2D eigenvalue weighted by Crippen LogP contribution is -2.24. The number of nitrogens with zero attached hydrogens (tertiary/aromatic N) is 3. The molecule has 6 nitrogen and oxygen atoms in total. The van der Waals surface area contributed by atoms with Gasteiger partial charge in [0.25, 0.3) is 0 Å². The number of ether oxygens (including phenoxy) is 1. The molecule has 1 unspecified atom stereocenters. The third-order valence-corrected chi connectivity index (χ3v) is 6.50. The third kappa shape index (κ3) is 6.60. The Morgan fingerprint density at radius 2 is 1.73 bits per heavy atom. The van der Waals surface area contributed by atoms with Gasteiger partial charge in [-0.1, -0.05) is 62.9 Å². The van der Waals surface area contributed by atoms with Crippen LogP contribution in [0, 0.1) is 19.8 Å². The Morgan fingerprint density at radius 3 is 2.33 bits per heavy atom. The standard InChI is InChI=1S/C26H34N4O2S/c1-7-21-11-13-22(14-12-21)32-16-23-28-29-26(30(23)15-17(2)3)33-20(6)25(31)27-24-18(4)9-8-10-19(24)5/h8-14,17,20H,7,15-16H2,1-6H3,(H,27,31). The average Bonchev–Trinajstić information content (AvgIpc) is 3.15. The molecule has 2 aromatic carbocycles. The number of carbonyl (C=O) groups is 1. The smallest absolute Gasteiger partial charge is 0.237 e. The number of thioether (sulfide) groups is 1. The van der Waals surface area contributed by atoms with E-state index in [-0.39, 0.29) is 11.2 Å². The van der Waals surface area contributed by atoms with Gasteiger partial charge in [0.15, 0.2) is 11.0 Å². The van der Waals surface area contributed by atoms with Crippen molar-refractivity contribution in [3.63, 3.8) is 0 Å². The molecule has 3 rings (SSSR count). The van der Waals surface area contributed by atoms with Crippen LogP contribution in [0.2, 0.25) is 0 Å². The lowest BCUT2D eigenvalue weighted by atomic mass is 10.1. The van der Waals surface area contributed by atoms with Crippen LogP contribution in [-0.4, -0.2) is 25.9 Å². The van der Waals surface area contributed by atoms with Crippen molar-refractivity contribution in [2.75, 3.05) is 5.32 Å². The fraction of sp³-hybridized carbons (Fsp3) is 0.423. The molecule has 3 aromatic rings. The first-order chi connectivity index (χ1) is 15.8. The van der Waals surface area contributed by atoms with Gasteiger partial charge in [-0.15, -0.1) is 10.2 Å². The Labute approximate surface area is 201 Å². The molecule has 176 valence electrons. The van der Waals surface area contributed by atoms with Crippen molar-refractivity contribution in [2.45, 2.75) is 71.5 Å². The molecule has 33 heavy (non-hydrogen) atoms. The number of amides is 1. The molecular weight excluding hydrogens is 432 g/mol. The van der Waals surface area contributed by atoms with Gasteiger partial charge >= 0.3 is 0 Å². The largest absolute Gasteiger partial charge is 0.486 e. The van der Waals surface area contributed by atoms with E-state index in [0.717, 1.165) is 46.5 Å². The molecule has 1 N–H and O–H groups in total. The Kier molecular flexibility index (Phi) is 8.55. The Hall–Kier alpha value is -2.80. The first kappa shape index (κ1) is 24.8. The molecule has 1 amide bonds. The van der Waals surface area contributed by atoms with Crippen LogP contribution in [-0.2, 0) is 24.4 Å². The quantitative estimate of drug-likeness (QED) is 0.382. The lowest BCUT2D eigenvalue weighted by Gasteiger charge is -2.17.